The summed E-state index contributed by atoms with van der Waals surface area (Å²) in [6.45, 7) is 4.36. The summed E-state index contributed by atoms with van der Waals surface area (Å²) in [4.78, 5) is 11.4. The Balaban J connectivity index is 2.40. The van der Waals surface area contributed by atoms with E-state index in [1.165, 1.54) is 18.2 Å². The average Bonchev–Trinajstić information content (AvgIpc) is 2.46. The quantitative estimate of drug-likeness (QED) is 0.765. The van der Waals surface area contributed by atoms with Crippen molar-refractivity contribution in [2.75, 3.05) is 7.11 Å². The molecule has 2 heteroatoms. The van der Waals surface area contributed by atoms with Crippen molar-refractivity contribution in [1.29, 1.82) is 0 Å². The van der Waals surface area contributed by atoms with E-state index in [4.69, 9.17) is 4.74 Å². The molecule has 0 spiro atoms. The minimum atomic E-state index is -0.302. The Hall–Kier alpha value is -2.09. The Kier molecular flexibility index (Phi) is 4.00. The first-order chi connectivity index (χ1) is 9.13. The third-order valence-corrected chi connectivity index (χ3v) is 3.20. The molecule has 0 N–H and O–H groups in total. The van der Waals surface area contributed by atoms with Gasteiger partial charge in [-0.25, -0.2) is 4.79 Å². The van der Waals surface area contributed by atoms with E-state index in [9.17, 15) is 4.79 Å². The fourth-order valence-electron chi connectivity index (χ4n) is 2.17. The second-order valence-corrected chi connectivity index (χ2v) is 4.81. The van der Waals surface area contributed by atoms with E-state index in [-0.39, 0.29) is 5.97 Å². The zero-order valence-corrected chi connectivity index (χ0v) is 11.5. The van der Waals surface area contributed by atoms with Crippen LogP contribution in [0, 0.1) is 0 Å². The van der Waals surface area contributed by atoms with Gasteiger partial charge in [0.2, 0.25) is 0 Å². The maximum absolute atomic E-state index is 11.4. The lowest BCUT2D eigenvalue weighted by molar-refractivity contribution is 0.0601. The molecule has 0 saturated heterocycles. The Morgan fingerprint density at radius 3 is 2.21 bits per heavy atom. The van der Waals surface area contributed by atoms with Gasteiger partial charge < -0.3 is 4.74 Å². The molecule has 2 aromatic rings. The summed E-state index contributed by atoms with van der Waals surface area (Å²) >= 11 is 0. The van der Waals surface area contributed by atoms with Crippen molar-refractivity contribution < 1.29 is 9.53 Å². The predicted molar refractivity (Wildman–Crippen MR) is 77.3 cm³/mol. The number of carbonyl (C=O) groups is 1. The second-order valence-electron chi connectivity index (χ2n) is 4.81. The third-order valence-electron chi connectivity index (χ3n) is 3.20. The van der Waals surface area contributed by atoms with Crippen LogP contribution in [-0.4, -0.2) is 13.1 Å². The van der Waals surface area contributed by atoms with Crippen LogP contribution in [0.5, 0.6) is 0 Å². The first-order valence-corrected chi connectivity index (χ1v) is 6.41. The summed E-state index contributed by atoms with van der Waals surface area (Å²) in [6, 6.07) is 15.9. The van der Waals surface area contributed by atoms with Crippen molar-refractivity contribution in [2.24, 2.45) is 0 Å². The van der Waals surface area contributed by atoms with Crippen LogP contribution in [-0.2, 0) is 4.74 Å². The standard InChI is InChI=1S/C17H18O2/c1-12(2)15-6-4-5-7-16(15)13-8-10-14(11-9-13)17(18)19-3/h4-12H,1-3H3. The number of esters is 1. The number of methoxy groups -OCH3 is 1. The van der Waals surface area contributed by atoms with Crippen LogP contribution in [0.3, 0.4) is 0 Å². The van der Waals surface area contributed by atoms with Crippen LogP contribution >= 0.6 is 0 Å². The average molecular weight is 254 g/mol. The number of hydrogen-bond donors (Lipinski definition) is 0. The maximum atomic E-state index is 11.4. The number of hydrogen-bond acceptors (Lipinski definition) is 2. The van der Waals surface area contributed by atoms with Crippen LogP contribution in [0.1, 0.15) is 35.7 Å². The summed E-state index contributed by atoms with van der Waals surface area (Å²) in [6.07, 6.45) is 0. The van der Waals surface area contributed by atoms with Gasteiger partial charge in [0.25, 0.3) is 0 Å². The molecule has 19 heavy (non-hydrogen) atoms. The monoisotopic (exact) mass is 254 g/mol. The molecule has 0 aliphatic heterocycles. The normalized spacial score (nSPS) is 10.5. The summed E-state index contributed by atoms with van der Waals surface area (Å²) in [5.74, 6) is 0.167. The highest BCUT2D eigenvalue weighted by molar-refractivity contribution is 5.90. The van der Waals surface area contributed by atoms with Crippen LogP contribution < -0.4 is 0 Å². The molecule has 0 aliphatic rings. The van der Waals surface area contributed by atoms with Crippen molar-refractivity contribution in [1.82, 2.24) is 0 Å². The van der Waals surface area contributed by atoms with Gasteiger partial charge in [-0.3, -0.25) is 0 Å². The fourth-order valence-corrected chi connectivity index (χ4v) is 2.17. The fraction of sp³-hybridized carbons (Fsp3) is 0.235. The van der Waals surface area contributed by atoms with E-state index >= 15 is 0 Å². The molecule has 0 atom stereocenters. The molecule has 0 fully saturated rings. The number of rotatable bonds is 3. The Morgan fingerprint density at radius 1 is 1.00 bits per heavy atom. The minimum absolute atomic E-state index is 0.302. The van der Waals surface area contributed by atoms with Gasteiger partial charge in [-0.2, -0.15) is 0 Å². The summed E-state index contributed by atoms with van der Waals surface area (Å²) in [5.41, 5.74) is 4.23. The highest BCUT2D eigenvalue weighted by atomic mass is 16.5. The lowest BCUT2D eigenvalue weighted by Crippen LogP contribution is -2.00. The van der Waals surface area contributed by atoms with E-state index in [1.807, 2.05) is 18.2 Å². The minimum Gasteiger partial charge on any atom is -0.465 e. The maximum Gasteiger partial charge on any atom is 0.337 e. The van der Waals surface area contributed by atoms with Gasteiger partial charge in [0.1, 0.15) is 0 Å². The Morgan fingerprint density at radius 2 is 1.63 bits per heavy atom. The van der Waals surface area contributed by atoms with Crippen LogP contribution in [0.25, 0.3) is 11.1 Å². The van der Waals surface area contributed by atoms with Crippen molar-refractivity contribution >= 4 is 5.97 Å². The molecule has 0 aliphatic carbocycles. The van der Waals surface area contributed by atoms with E-state index in [0.717, 1.165) is 5.56 Å². The van der Waals surface area contributed by atoms with Gasteiger partial charge in [-0.15, -0.1) is 0 Å². The van der Waals surface area contributed by atoms with E-state index in [0.29, 0.717) is 11.5 Å². The van der Waals surface area contributed by atoms with E-state index in [1.54, 1.807) is 12.1 Å². The van der Waals surface area contributed by atoms with Crippen molar-refractivity contribution in [3.63, 3.8) is 0 Å². The summed E-state index contributed by atoms with van der Waals surface area (Å²) in [7, 11) is 1.39. The highest BCUT2D eigenvalue weighted by Crippen LogP contribution is 2.29. The van der Waals surface area contributed by atoms with Crippen LogP contribution in [0.15, 0.2) is 48.5 Å². The topological polar surface area (TPSA) is 26.3 Å². The number of carbonyl (C=O) groups excluding carboxylic acids is 1. The smallest absolute Gasteiger partial charge is 0.337 e. The van der Waals surface area contributed by atoms with Crippen molar-refractivity contribution in [2.45, 2.75) is 19.8 Å². The zero-order chi connectivity index (χ0) is 13.8. The number of benzene rings is 2. The highest BCUT2D eigenvalue weighted by Gasteiger charge is 2.09. The summed E-state index contributed by atoms with van der Waals surface area (Å²) in [5, 5.41) is 0. The van der Waals surface area contributed by atoms with Gasteiger partial charge in [0.05, 0.1) is 12.7 Å². The summed E-state index contributed by atoms with van der Waals surface area (Å²) < 4.78 is 4.70. The number of ether oxygens (including phenoxy) is 1. The molecule has 2 aromatic carbocycles. The molecule has 0 saturated carbocycles. The van der Waals surface area contributed by atoms with Crippen molar-refractivity contribution in [3.8, 4) is 11.1 Å². The largest absolute Gasteiger partial charge is 0.465 e. The zero-order valence-electron chi connectivity index (χ0n) is 11.5. The Bertz CT molecular complexity index is 568. The van der Waals surface area contributed by atoms with Gasteiger partial charge in [-0.05, 0) is 34.7 Å². The molecular formula is C17H18O2. The van der Waals surface area contributed by atoms with Gasteiger partial charge in [0, 0.05) is 0 Å². The molecule has 2 rings (SSSR count). The lowest BCUT2D eigenvalue weighted by atomic mass is 9.92. The molecular weight excluding hydrogens is 236 g/mol. The second kappa shape index (κ2) is 5.70. The van der Waals surface area contributed by atoms with Crippen LogP contribution in [0.4, 0.5) is 0 Å². The van der Waals surface area contributed by atoms with Crippen LogP contribution in [0.2, 0.25) is 0 Å². The predicted octanol–water partition coefficient (Wildman–Crippen LogP) is 4.26. The third kappa shape index (κ3) is 2.84. The molecule has 0 aromatic heterocycles. The molecule has 0 radical (unpaired) electrons. The first kappa shape index (κ1) is 13.3. The lowest BCUT2D eigenvalue weighted by Gasteiger charge is -2.13. The molecule has 0 unspecified atom stereocenters. The molecule has 0 amide bonds. The Labute approximate surface area is 114 Å². The molecule has 0 bridgehead atoms. The molecule has 98 valence electrons. The SMILES string of the molecule is COC(=O)c1ccc(-c2ccccc2C(C)C)cc1. The van der Waals surface area contributed by atoms with Gasteiger partial charge >= 0.3 is 5.97 Å². The van der Waals surface area contributed by atoms with Gasteiger partial charge in [-0.1, -0.05) is 50.2 Å². The first-order valence-electron chi connectivity index (χ1n) is 6.41. The van der Waals surface area contributed by atoms with E-state index < -0.39 is 0 Å². The van der Waals surface area contributed by atoms with E-state index in [2.05, 4.69) is 32.0 Å². The van der Waals surface area contributed by atoms with Crippen molar-refractivity contribution in [3.05, 3.63) is 59.7 Å². The molecule has 0 heterocycles. The van der Waals surface area contributed by atoms with Gasteiger partial charge in [0.15, 0.2) is 0 Å². The molecule has 2 nitrogen and oxygen atoms in total.